The Labute approximate surface area is 132 Å². The molecule has 2 heterocycles. The minimum atomic E-state index is -3.59. The first-order valence-corrected chi connectivity index (χ1v) is 9.02. The Morgan fingerprint density at radius 1 is 1.36 bits per heavy atom. The van der Waals surface area contributed by atoms with Crippen LogP contribution in [-0.2, 0) is 21.2 Å². The number of carbonyl (C=O) groups is 1. The van der Waals surface area contributed by atoms with Gasteiger partial charge in [0.2, 0.25) is 0 Å². The van der Waals surface area contributed by atoms with Crippen LogP contribution in [0.2, 0.25) is 0 Å². The summed E-state index contributed by atoms with van der Waals surface area (Å²) < 4.78 is 32.1. The van der Waals surface area contributed by atoms with Gasteiger partial charge in [-0.3, -0.25) is 10.0 Å². The summed E-state index contributed by atoms with van der Waals surface area (Å²) in [7, 11) is -3.59. The Morgan fingerprint density at radius 2 is 2.18 bits per heavy atom. The molecular formula is C14H14N2O4S2. The number of amides is 1. The second kappa shape index (κ2) is 5.62. The van der Waals surface area contributed by atoms with Gasteiger partial charge in [-0.2, -0.15) is 11.3 Å². The van der Waals surface area contributed by atoms with E-state index in [4.69, 9.17) is 4.74 Å². The van der Waals surface area contributed by atoms with Crippen LogP contribution < -0.4 is 10.0 Å². The van der Waals surface area contributed by atoms with Gasteiger partial charge in [-0.25, -0.2) is 13.2 Å². The van der Waals surface area contributed by atoms with Crippen LogP contribution in [-0.4, -0.2) is 20.6 Å². The zero-order valence-electron chi connectivity index (χ0n) is 11.7. The maximum Gasteiger partial charge on any atom is 0.411 e. The average Bonchev–Trinajstić information content (AvgIpc) is 2.91. The molecule has 1 aromatic heterocycles. The lowest BCUT2D eigenvalue weighted by atomic mass is 10.1. The molecule has 1 aromatic carbocycles. The number of hydrogen-bond donors (Lipinski definition) is 2. The van der Waals surface area contributed by atoms with E-state index in [1.807, 2.05) is 0 Å². The predicted octanol–water partition coefficient (Wildman–Crippen LogP) is 3.04. The van der Waals surface area contributed by atoms with Gasteiger partial charge in [-0.1, -0.05) is 0 Å². The number of thiophene rings is 1. The highest BCUT2D eigenvalue weighted by atomic mass is 32.2. The average molecular weight is 338 g/mol. The fraction of sp³-hybridized carbons (Fsp3) is 0.214. The molecule has 0 radical (unpaired) electrons. The zero-order chi connectivity index (χ0) is 15.7. The second-order valence-corrected chi connectivity index (χ2v) is 7.44. The first kappa shape index (κ1) is 14.9. The maximum absolute atomic E-state index is 12.2. The van der Waals surface area contributed by atoms with Crippen molar-refractivity contribution in [2.75, 3.05) is 10.0 Å². The highest BCUT2D eigenvalue weighted by molar-refractivity contribution is 7.92. The zero-order valence-corrected chi connectivity index (χ0v) is 13.3. The number of nitrogens with one attached hydrogen (secondary N) is 2. The van der Waals surface area contributed by atoms with Crippen LogP contribution in [0.1, 0.15) is 12.5 Å². The number of carbonyl (C=O) groups excluding carboxylic acids is 1. The van der Waals surface area contributed by atoms with E-state index < -0.39 is 16.1 Å². The van der Waals surface area contributed by atoms with Gasteiger partial charge in [0.05, 0.1) is 4.90 Å². The van der Waals surface area contributed by atoms with Gasteiger partial charge in [0.25, 0.3) is 10.0 Å². The van der Waals surface area contributed by atoms with Crippen molar-refractivity contribution in [3.63, 3.8) is 0 Å². The number of ether oxygens (including phenoxy) is 1. The molecule has 0 spiro atoms. The summed E-state index contributed by atoms with van der Waals surface area (Å²) in [5.41, 5.74) is 1.91. The van der Waals surface area contributed by atoms with Crippen LogP contribution in [0.25, 0.3) is 0 Å². The molecule has 0 bridgehead atoms. The third-order valence-corrected chi connectivity index (χ3v) is 5.43. The first-order chi connectivity index (χ1) is 10.4. The van der Waals surface area contributed by atoms with Crippen LogP contribution in [0.5, 0.6) is 0 Å². The van der Waals surface area contributed by atoms with Crippen molar-refractivity contribution in [2.24, 2.45) is 0 Å². The first-order valence-electron chi connectivity index (χ1n) is 6.59. The second-order valence-electron chi connectivity index (χ2n) is 4.98. The molecule has 8 heteroatoms. The summed E-state index contributed by atoms with van der Waals surface area (Å²) in [5, 5.41) is 5.91. The number of fused-ring (bicyclic) bond motifs is 1. The Balaban J connectivity index is 1.89. The van der Waals surface area contributed by atoms with Crippen LogP contribution >= 0.6 is 11.3 Å². The van der Waals surface area contributed by atoms with E-state index in [1.165, 1.54) is 11.3 Å². The van der Waals surface area contributed by atoms with Crippen molar-refractivity contribution in [3.05, 3.63) is 40.6 Å². The van der Waals surface area contributed by atoms with Crippen molar-refractivity contribution >= 4 is 38.8 Å². The molecule has 1 aliphatic heterocycles. The summed E-state index contributed by atoms with van der Waals surface area (Å²) in [5.74, 6) is 0. The van der Waals surface area contributed by atoms with E-state index in [0.717, 1.165) is 5.56 Å². The lowest BCUT2D eigenvalue weighted by molar-refractivity contribution is 0.123. The standard InChI is InChI=1S/C14H14N2O4S2/c1-9-6-10-7-11(2-3-13(10)15-14(17)20-9)16-22(18,19)12-4-5-21-8-12/h2-5,7-9,16H,6H2,1H3,(H,15,17). The van der Waals surface area contributed by atoms with E-state index in [9.17, 15) is 13.2 Å². The van der Waals surface area contributed by atoms with Crippen LogP contribution in [0.3, 0.4) is 0 Å². The Bertz CT molecular complexity index is 800. The van der Waals surface area contributed by atoms with Gasteiger partial charge < -0.3 is 4.74 Å². The predicted molar refractivity (Wildman–Crippen MR) is 84.8 cm³/mol. The third kappa shape index (κ3) is 3.07. The minimum Gasteiger partial charge on any atom is -0.446 e. The monoisotopic (exact) mass is 338 g/mol. The lowest BCUT2D eigenvalue weighted by Gasteiger charge is -2.11. The fourth-order valence-electron chi connectivity index (χ4n) is 2.24. The molecule has 1 unspecified atom stereocenters. The van der Waals surface area contributed by atoms with Crippen molar-refractivity contribution < 1.29 is 17.9 Å². The van der Waals surface area contributed by atoms with E-state index >= 15 is 0 Å². The van der Waals surface area contributed by atoms with E-state index in [1.54, 1.807) is 41.9 Å². The highest BCUT2D eigenvalue weighted by Gasteiger charge is 2.20. The Hall–Kier alpha value is -2.06. The molecule has 1 atom stereocenters. The van der Waals surface area contributed by atoms with Crippen molar-refractivity contribution in [1.29, 1.82) is 0 Å². The van der Waals surface area contributed by atoms with Crippen molar-refractivity contribution in [3.8, 4) is 0 Å². The number of sulfonamides is 1. The Kier molecular flexibility index (Phi) is 3.79. The Morgan fingerprint density at radius 3 is 2.91 bits per heavy atom. The van der Waals surface area contributed by atoms with Crippen molar-refractivity contribution in [2.45, 2.75) is 24.3 Å². The summed E-state index contributed by atoms with van der Waals surface area (Å²) in [4.78, 5) is 11.7. The maximum atomic E-state index is 12.2. The van der Waals surface area contributed by atoms with Gasteiger partial charge in [-0.05, 0) is 42.1 Å². The molecule has 2 aromatic rings. The minimum absolute atomic E-state index is 0.234. The van der Waals surface area contributed by atoms with Gasteiger partial charge in [0.15, 0.2) is 0 Å². The van der Waals surface area contributed by atoms with Gasteiger partial charge in [0, 0.05) is 23.2 Å². The van der Waals surface area contributed by atoms with E-state index in [2.05, 4.69) is 10.0 Å². The molecule has 116 valence electrons. The summed E-state index contributed by atoms with van der Waals surface area (Å²) in [6.07, 6.45) is -0.259. The highest BCUT2D eigenvalue weighted by Crippen LogP contribution is 2.27. The largest absolute Gasteiger partial charge is 0.446 e. The van der Waals surface area contributed by atoms with Gasteiger partial charge >= 0.3 is 6.09 Å². The van der Waals surface area contributed by atoms with Crippen LogP contribution in [0, 0.1) is 0 Å². The molecule has 0 fully saturated rings. The topological polar surface area (TPSA) is 84.5 Å². The smallest absolute Gasteiger partial charge is 0.411 e. The summed E-state index contributed by atoms with van der Waals surface area (Å²) in [6, 6.07) is 6.54. The quantitative estimate of drug-likeness (QED) is 0.901. The third-order valence-electron chi connectivity index (χ3n) is 3.22. The molecule has 1 aliphatic rings. The molecular weight excluding hydrogens is 324 g/mol. The molecule has 6 nitrogen and oxygen atoms in total. The van der Waals surface area contributed by atoms with Crippen molar-refractivity contribution in [1.82, 2.24) is 0 Å². The van der Waals surface area contributed by atoms with Gasteiger partial charge in [-0.15, -0.1) is 0 Å². The summed E-state index contributed by atoms with van der Waals surface area (Å²) >= 11 is 1.32. The summed E-state index contributed by atoms with van der Waals surface area (Å²) in [6.45, 7) is 1.79. The number of benzene rings is 1. The number of cyclic esters (lactones) is 1. The molecule has 1 amide bonds. The van der Waals surface area contributed by atoms with E-state index in [-0.39, 0.29) is 11.0 Å². The molecule has 3 rings (SSSR count). The molecule has 0 saturated carbocycles. The normalized spacial score (nSPS) is 17.9. The molecule has 22 heavy (non-hydrogen) atoms. The SMILES string of the molecule is CC1Cc2cc(NS(=O)(=O)c3ccsc3)ccc2NC(=O)O1. The number of hydrogen-bond acceptors (Lipinski definition) is 5. The molecule has 0 aliphatic carbocycles. The number of anilines is 2. The molecule has 0 saturated heterocycles. The fourth-order valence-corrected chi connectivity index (χ4v) is 4.32. The van der Waals surface area contributed by atoms with Gasteiger partial charge in [0.1, 0.15) is 6.10 Å². The van der Waals surface area contributed by atoms with Crippen LogP contribution in [0.4, 0.5) is 16.2 Å². The molecule has 2 N–H and O–H groups in total. The van der Waals surface area contributed by atoms with Crippen LogP contribution in [0.15, 0.2) is 39.9 Å². The lowest BCUT2D eigenvalue weighted by Crippen LogP contribution is -2.17. The number of rotatable bonds is 3. The van der Waals surface area contributed by atoms with E-state index in [0.29, 0.717) is 17.8 Å².